The molecular weight excluding hydrogens is 254 g/mol. The second kappa shape index (κ2) is 6.22. The molecule has 20 heavy (non-hydrogen) atoms. The van der Waals surface area contributed by atoms with Gasteiger partial charge in [-0.05, 0) is 46.1 Å². The van der Waals surface area contributed by atoms with Crippen molar-refractivity contribution in [1.82, 2.24) is 15.5 Å². The molecule has 0 saturated carbocycles. The summed E-state index contributed by atoms with van der Waals surface area (Å²) in [7, 11) is 0. The Kier molecular flexibility index (Phi) is 4.81. The van der Waals surface area contributed by atoms with Crippen molar-refractivity contribution in [3.63, 3.8) is 0 Å². The number of ether oxygens (including phenoxy) is 1. The zero-order valence-corrected chi connectivity index (χ0v) is 13.2. The van der Waals surface area contributed by atoms with E-state index in [1.54, 1.807) is 0 Å². The minimum Gasteiger partial charge on any atom is -0.367 e. The van der Waals surface area contributed by atoms with Crippen molar-refractivity contribution < 1.29 is 9.26 Å². The first-order valence-electron chi connectivity index (χ1n) is 7.79. The van der Waals surface area contributed by atoms with Crippen LogP contribution in [0, 0.1) is 0 Å². The van der Waals surface area contributed by atoms with Crippen LogP contribution < -0.4 is 5.32 Å². The lowest BCUT2D eigenvalue weighted by Crippen LogP contribution is -2.43. The van der Waals surface area contributed by atoms with Gasteiger partial charge in [0.25, 0.3) is 0 Å². The highest BCUT2D eigenvalue weighted by Crippen LogP contribution is 2.35. The van der Waals surface area contributed by atoms with Gasteiger partial charge in [-0.3, -0.25) is 0 Å². The van der Waals surface area contributed by atoms with E-state index in [1.165, 1.54) is 0 Å². The van der Waals surface area contributed by atoms with E-state index >= 15 is 0 Å². The fourth-order valence-corrected chi connectivity index (χ4v) is 2.90. The molecule has 0 amide bonds. The number of aromatic nitrogens is 2. The Hall–Kier alpha value is -0.940. The summed E-state index contributed by atoms with van der Waals surface area (Å²) in [4.78, 5) is 4.70. The van der Waals surface area contributed by atoms with Gasteiger partial charge in [0.1, 0.15) is 5.60 Å². The Morgan fingerprint density at radius 2 is 2.20 bits per heavy atom. The fraction of sp³-hybridized carbons (Fsp3) is 0.867. The highest BCUT2D eigenvalue weighted by atomic mass is 16.5. The lowest BCUT2D eigenvalue weighted by molar-refractivity contribution is -0.0403. The number of hydrogen-bond donors (Lipinski definition) is 1. The molecule has 0 bridgehead atoms. The minimum absolute atomic E-state index is 0.00956. The van der Waals surface area contributed by atoms with Gasteiger partial charge in [-0.25, -0.2) is 0 Å². The molecule has 1 N–H and O–H groups in total. The van der Waals surface area contributed by atoms with Crippen LogP contribution in [0.3, 0.4) is 0 Å². The van der Waals surface area contributed by atoms with Crippen molar-refractivity contribution in [2.45, 2.75) is 64.4 Å². The molecule has 0 aliphatic carbocycles. The van der Waals surface area contributed by atoms with Gasteiger partial charge in [-0.1, -0.05) is 19.0 Å². The molecule has 2 heterocycles. The van der Waals surface area contributed by atoms with Crippen LogP contribution in [0.15, 0.2) is 4.52 Å². The van der Waals surface area contributed by atoms with Crippen LogP contribution in [0.25, 0.3) is 0 Å². The van der Waals surface area contributed by atoms with Crippen molar-refractivity contribution >= 4 is 0 Å². The van der Waals surface area contributed by atoms with Crippen LogP contribution >= 0.6 is 0 Å². The third-order valence-electron chi connectivity index (χ3n) is 4.64. The molecule has 114 valence electrons. The van der Waals surface area contributed by atoms with Crippen molar-refractivity contribution in [2.75, 3.05) is 19.7 Å². The van der Waals surface area contributed by atoms with Crippen LogP contribution in [0.2, 0.25) is 0 Å². The van der Waals surface area contributed by atoms with Gasteiger partial charge >= 0.3 is 0 Å². The first-order valence-corrected chi connectivity index (χ1v) is 7.79. The summed E-state index contributed by atoms with van der Waals surface area (Å²) in [5.41, 5.74) is -0.460. The molecule has 0 aromatic carbocycles. The first-order chi connectivity index (χ1) is 9.60. The third-order valence-corrected chi connectivity index (χ3v) is 4.64. The highest BCUT2D eigenvalue weighted by molar-refractivity contribution is 5.10. The molecule has 5 nitrogen and oxygen atoms in total. The van der Waals surface area contributed by atoms with Crippen molar-refractivity contribution in [1.29, 1.82) is 0 Å². The predicted octanol–water partition coefficient (Wildman–Crippen LogP) is 2.76. The quantitative estimate of drug-likeness (QED) is 0.868. The van der Waals surface area contributed by atoms with Crippen molar-refractivity contribution in [3.8, 4) is 0 Å². The average molecular weight is 281 g/mol. The molecule has 1 aliphatic heterocycles. The van der Waals surface area contributed by atoms with Crippen LogP contribution in [0.4, 0.5) is 0 Å². The van der Waals surface area contributed by atoms with E-state index in [1.807, 2.05) is 13.8 Å². The fourth-order valence-electron chi connectivity index (χ4n) is 2.90. The van der Waals surface area contributed by atoms with Crippen LogP contribution in [0.1, 0.15) is 65.1 Å². The summed E-state index contributed by atoms with van der Waals surface area (Å²) < 4.78 is 11.4. The second-order valence-corrected chi connectivity index (χ2v) is 5.85. The van der Waals surface area contributed by atoms with Gasteiger partial charge in [-0.2, -0.15) is 4.98 Å². The normalized spacial score (nSPS) is 26.4. The largest absolute Gasteiger partial charge is 0.367 e. The predicted molar refractivity (Wildman–Crippen MR) is 77.6 cm³/mol. The maximum atomic E-state index is 5.83. The van der Waals surface area contributed by atoms with Gasteiger partial charge < -0.3 is 14.6 Å². The summed E-state index contributed by atoms with van der Waals surface area (Å²) in [5, 5.41) is 7.66. The topological polar surface area (TPSA) is 60.2 Å². The molecule has 1 aromatic rings. The van der Waals surface area contributed by atoms with E-state index in [-0.39, 0.29) is 5.41 Å². The van der Waals surface area contributed by atoms with E-state index in [0.717, 1.165) is 44.7 Å². The summed E-state index contributed by atoms with van der Waals surface area (Å²) in [6.45, 7) is 10.9. The van der Waals surface area contributed by atoms with E-state index in [9.17, 15) is 0 Å². The number of rotatable bonds is 6. The maximum Gasteiger partial charge on any atom is 0.234 e. The standard InChI is InChI=1S/C15H27N3O2/c1-5-14(4,19-7-3)12-17-13(20-18-12)15(6-2)9-8-10-16-11-15/h16H,5-11H2,1-4H3. The lowest BCUT2D eigenvalue weighted by atomic mass is 9.78. The molecular formula is C15H27N3O2. The molecule has 1 fully saturated rings. The van der Waals surface area contributed by atoms with Gasteiger partial charge in [0.15, 0.2) is 0 Å². The number of nitrogens with zero attached hydrogens (tertiary/aromatic N) is 2. The molecule has 2 rings (SSSR count). The minimum atomic E-state index is -0.451. The second-order valence-electron chi connectivity index (χ2n) is 5.85. The van der Waals surface area contributed by atoms with Crippen LogP contribution in [0.5, 0.6) is 0 Å². The molecule has 2 atom stereocenters. The Labute approximate surface area is 121 Å². The third kappa shape index (κ3) is 2.74. The molecule has 1 aromatic heterocycles. The number of nitrogens with one attached hydrogen (secondary N) is 1. The number of hydrogen-bond acceptors (Lipinski definition) is 5. The highest BCUT2D eigenvalue weighted by Gasteiger charge is 2.40. The molecule has 5 heteroatoms. The Bertz CT molecular complexity index is 427. The molecule has 0 spiro atoms. The zero-order chi connectivity index (χ0) is 14.6. The van der Waals surface area contributed by atoms with Crippen LogP contribution in [-0.4, -0.2) is 29.8 Å². The van der Waals surface area contributed by atoms with Gasteiger partial charge in [0.05, 0.1) is 5.41 Å². The van der Waals surface area contributed by atoms with E-state index < -0.39 is 5.60 Å². The lowest BCUT2D eigenvalue weighted by Gasteiger charge is -2.33. The Morgan fingerprint density at radius 1 is 1.40 bits per heavy atom. The summed E-state index contributed by atoms with van der Waals surface area (Å²) in [5.74, 6) is 1.44. The molecule has 2 unspecified atom stereocenters. The summed E-state index contributed by atoms with van der Waals surface area (Å²) in [6.07, 6.45) is 4.11. The molecule has 1 aliphatic rings. The Balaban J connectivity index is 2.27. The first kappa shape index (κ1) is 15.4. The monoisotopic (exact) mass is 281 g/mol. The maximum absolute atomic E-state index is 5.83. The zero-order valence-electron chi connectivity index (χ0n) is 13.2. The SMILES string of the molecule is CCOC(C)(CC)c1noc(C2(CC)CCCNC2)n1. The van der Waals surface area contributed by atoms with Crippen LogP contribution in [-0.2, 0) is 15.8 Å². The molecule has 1 saturated heterocycles. The van der Waals surface area contributed by atoms with Gasteiger partial charge in [0, 0.05) is 13.2 Å². The van der Waals surface area contributed by atoms with Crippen molar-refractivity contribution in [3.05, 3.63) is 11.7 Å². The molecule has 0 radical (unpaired) electrons. The Morgan fingerprint density at radius 3 is 2.75 bits per heavy atom. The van der Waals surface area contributed by atoms with E-state index in [4.69, 9.17) is 14.2 Å². The number of piperidine rings is 1. The summed E-state index contributed by atoms with van der Waals surface area (Å²) in [6, 6.07) is 0. The smallest absolute Gasteiger partial charge is 0.234 e. The van der Waals surface area contributed by atoms with E-state index in [0.29, 0.717) is 12.4 Å². The summed E-state index contributed by atoms with van der Waals surface area (Å²) >= 11 is 0. The van der Waals surface area contributed by atoms with Gasteiger partial charge in [0.2, 0.25) is 11.7 Å². The van der Waals surface area contributed by atoms with Gasteiger partial charge in [-0.15, -0.1) is 0 Å². The average Bonchev–Trinajstić information content (AvgIpc) is 2.99. The van der Waals surface area contributed by atoms with Crippen molar-refractivity contribution in [2.24, 2.45) is 0 Å². The van der Waals surface area contributed by atoms with E-state index in [2.05, 4.69) is 24.3 Å².